The Morgan fingerprint density at radius 1 is 0.417 bits per heavy atom. The second kappa shape index (κ2) is 17.7. The average Bonchev–Trinajstić information content (AvgIpc) is 4.09. The van der Waals surface area contributed by atoms with E-state index in [1.165, 1.54) is 120 Å². The van der Waals surface area contributed by atoms with Crippen LogP contribution in [0, 0.1) is 11.8 Å². The van der Waals surface area contributed by atoms with Gasteiger partial charge in [-0.2, -0.15) is 0 Å². The minimum absolute atomic E-state index is 0. The first-order valence-corrected chi connectivity index (χ1v) is 36.0. The second-order valence-electron chi connectivity index (χ2n) is 19.4. The van der Waals surface area contributed by atoms with Crippen molar-refractivity contribution in [2.24, 2.45) is 11.8 Å². The SMILES string of the molecule is Cl.Cl.[CH3][Zr]([CH3])(=[SiH2])([CH]1C(CC2CCCC2)=Cc2c(-c3ccccc3)ccc(-c3ccccc3)c21)[CH]1C(CC2CCCC2)=Cc2c(-c3ccccc3)ccc(-c3ccccc3)c21. The van der Waals surface area contributed by atoms with Crippen molar-refractivity contribution in [3.63, 3.8) is 0 Å². The third-order valence-corrected chi connectivity index (χ3v) is 32.2. The molecule has 0 nitrogen and oxygen atoms in total. The summed E-state index contributed by atoms with van der Waals surface area (Å²) in [7, 11) is 0. The molecular weight excluding hydrogens is 863 g/mol. The molecular formula is C56H60Cl2SiZr. The zero-order valence-corrected chi connectivity index (χ0v) is 40.9. The summed E-state index contributed by atoms with van der Waals surface area (Å²) in [6.45, 7) is 2.57. The fourth-order valence-corrected chi connectivity index (χ4v) is 31.9. The van der Waals surface area contributed by atoms with Gasteiger partial charge in [0.15, 0.2) is 0 Å². The summed E-state index contributed by atoms with van der Waals surface area (Å²) >= 11 is -4.16. The standard InChI is InChI=1S/2C27H25.2CH3.2ClH.H2Si.Zr/c2*1-3-11-22(12-4-1)24-15-16-25(23-13-5-2-6-14-23)27-19-21(18-26(24)27)17-20-9-7-8-10-20;;;;;;/h2*1-6,11-16,18-20H,7-10,17H2;2*1H3;2*1H;1H2;. The normalized spacial score (nSPS) is 18.9. The Kier molecular flexibility index (Phi) is 12.7. The fraction of sp³-hybridized carbons (Fsp3) is 0.286. The summed E-state index contributed by atoms with van der Waals surface area (Å²) < 4.78 is 6.72. The first-order valence-electron chi connectivity index (χ1n) is 22.4. The summed E-state index contributed by atoms with van der Waals surface area (Å²) in [4.78, 5) is 0. The molecule has 6 aromatic carbocycles. The summed E-state index contributed by atoms with van der Waals surface area (Å²) in [5.74, 6) is 1.57. The number of hydrogen-bond acceptors (Lipinski definition) is 0. The van der Waals surface area contributed by atoms with Crippen LogP contribution in [-0.4, -0.2) is 6.88 Å². The summed E-state index contributed by atoms with van der Waals surface area (Å²) in [6, 6.07) is 55.3. The number of fused-ring (bicyclic) bond motifs is 2. The van der Waals surface area contributed by atoms with Gasteiger partial charge in [-0.25, -0.2) is 0 Å². The van der Waals surface area contributed by atoms with Gasteiger partial charge in [-0.15, -0.1) is 24.8 Å². The number of hydrogen-bond donors (Lipinski definition) is 0. The van der Waals surface area contributed by atoms with Crippen LogP contribution in [-0.2, 0) is 17.4 Å². The summed E-state index contributed by atoms with van der Waals surface area (Å²) in [5, 5.41) is 0. The fourth-order valence-electron chi connectivity index (χ4n) is 12.4. The maximum absolute atomic E-state index is 4.16. The van der Waals surface area contributed by atoms with E-state index in [2.05, 4.69) is 174 Å². The third kappa shape index (κ3) is 7.90. The zero-order chi connectivity index (χ0) is 39.3. The molecule has 2 saturated carbocycles. The topological polar surface area (TPSA) is 0 Å². The molecule has 4 heteroatoms. The van der Waals surface area contributed by atoms with Crippen LogP contribution in [0.25, 0.3) is 56.7 Å². The Labute approximate surface area is 374 Å². The predicted octanol–water partition coefficient (Wildman–Crippen LogP) is 16.3. The monoisotopic (exact) mass is 920 g/mol. The first-order chi connectivity index (χ1) is 28.3. The molecule has 0 amide bonds. The van der Waals surface area contributed by atoms with E-state index in [1.807, 2.05) is 0 Å². The molecule has 2 fully saturated rings. The molecule has 0 bridgehead atoms. The molecule has 4 aliphatic carbocycles. The molecule has 2 atom stereocenters. The third-order valence-electron chi connectivity index (χ3n) is 14.8. The first kappa shape index (κ1) is 43.1. The second-order valence-corrected chi connectivity index (χ2v) is 49.9. The maximum atomic E-state index is 2.91. The van der Waals surface area contributed by atoms with Gasteiger partial charge in [-0.05, 0) is 0 Å². The Balaban J connectivity index is 0.00000249. The van der Waals surface area contributed by atoms with Gasteiger partial charge < -0.3 is 0 Å². The minimum atomic E-state index is -4.16. The molecule has 4 aliphatic rings. The molecule has 0 aromatic heterocycles. The molecule has 0 N–H and O–H groups in total. The number of rotatable bonds is 10. The van der Waals surface area contributed by atoms with Crippen LogP contribution in [0.1, 0.15) is 93.7 Å². The summed E-state index contributed by atoms with van der Waals surface area (Å²) in [5.41, 5.74) is 20.9. The van der Waals surface area contributed by atoms with Crippen molar-refractivity contribution in [3.8, 4) is 44.5 Å². The van der Waals surface area contributed by atoms with Crippen molar-refractivity contribution in [2.45, 2.75) is 80.7 Å². The molecule has 0 spiro atoms. The van der Waals surface area contributed by atoms with Crippen molar-refractivity contribution < 1.29 is 17.4 Å². The van der Waals surface area contributed by atoms with Crippen LogP contribution < -0.4 is 0 Å². The van der Waals surface area contributed by atoms with Gasteiger partial charge in [0.1, 0.15) is 0 Å². The molecule has 306 valence electrons. The summed E-state index contributed by atoms with van der Waals surface area (Å²) in [6.07, 6.45) is 19.0. The van der Waals surface area contributed by atoms with Gasteiger partial charge in [0.25, 0.3) is 0 Å². The van der Waals surface area contributed by atoms with Gasteiger partial charge in [0.05, 0.1) is 0 Å². The van der Waals surface area contributed by atoms with Crippen molar-refractivity contribution in [1.29, 1.82) is 0 Å². The van der Waals surface area contributed by atoms with Crippen molar-refractivity contribution in [3.05, 3.63) is 179 Å². The van der Waals surface area contributed by atoms with Crippen molar-refractivity contribution in [2.75, 3.05) is 0 Å². The molecule has 6 aromatic rings. The van der Waals surface area contributed by atoms with Gasteiger partial charge in [-0.1, -0.05) is 0 Å². The Bertz CT molecular complexity index is 2420. The van der Waals surface area contributed by atoms with E-state index in [0.29, 0.717) is 7.25 Å². The molecule has 0 radical (unpaired) electrons. The van der Waals surface area contributed by atoms with Gasteiger partial charge in [0.2, 0.25) is 0 Å². The van der Waals surface area contributed by atoms with Crippen LogP contribution in [0.4, 0.5) is 0 Å². The van der Waals surface area contributed by atoms with E-state index >= 15 is 0 Å². The van der Waals surface area contributed by atoms with E-state index < -0.39 is 17.4 Å². The zero-order valence-electron chi connectivity index (χ0n) is 35.4. The molecule has 0 saturated heterocycles. The van der Waals surface area contributed by atoms with E-state index in [-0.39, 0.29) is 24.8 Å². The predicted molar refractivity (Wildman–Crippen MR) is 264 cm³/mol. The van der Waals surface area contributed by atoms with E-state index in [1.54, 1.807) is 22.3 Å². The van der Waals surface area contributed by atoms with Crippen LogP contribution in [0.5, 0.6) is 0 Å². The molecule has 0 heterocycles. The molecule has 0 aliphatic heterocycles. The van der Waals surface area contributed by atoms with Gasteiger partial charge in [0, 0.05) is 0 Å². The van der Waals surface area contributed by atoms with Gasteiger partial charge >= 0.3 is 352 Å². The van der Waals surface area contributed by atoms with Crippen LogP contribution in [0.15, 0.2) is 157 Å². The number of halogens is 2. The van der Waals surface area contributed by atoms with Crippen molar-refractivity contribution in [1.82, 2.24) is 0 Å². The number of benzene rings is 6. The van der Waals surface area contributed by atoms with Crippen molar-refractivity contribution >= 4 is 43.8 Å². The Hall–Kier alpha value is -3.52. The molecule has 10 rings (SSSR count). The van der Waals surface area contributed by atoms with E-state index in [0.717, 1.165) is 11.8 Å². The Morgan fingerprint density at radius 2 is 0.700 bits per heavy atom. The van der Waals surface area contributed by atoms with Crippen LogP contribution in [0.2, 0.25) is 9.26 Å². The van der Waals surface area contributed by atoms with E-state index in [4.69, 9.17) is 0 Å². The molecule has 2 unspecified atom stereocenters. The quantitative estimate of drug-likeness (QED) is 0.120. The van der Waals surface area contributed by atoms with E-state index in [9.17, 15) is 0 Å². The van der Waals surface area contributed by atoms with Gasteiger partial charge in [-0.3, -0.25) is 0 Å². The Morgan fingerprint density at radius 3 is 1.02 bits per heavy atom. The molecule has 60 heavy (non-hydrogen) atoms. The van der Waals surface area contributed by atoms with Crippen LogP contribution >= 0.6 is 24.8 Å². The average molecular weight is 923 g/mol. The number of allylic oxidation sites excluding steroid dienone is 2. The van der Waals surface area contributed by atoms with Crippen LogP contribution in [0.3, 0.4) is 0 Å².